The molecule has 0 amide bonds. The first-order valence-electron chi connectivity index (χ1n) is 6.99. The van der Waals surface area contributed by atoms with Gasteiger partial charge in [-0.2, -0.15) is 0 Å². The molecule has 1 saturated heterocycles. The summed E-state index contributed by atoms with van der Waals surface area (Å²) in [6.07, 6.45) is 0.659. The molecule has 1 fully saturated rings. The van der Waals surface area contributed by atoms with Gasteiger partial charge in [-0.15, -0.1) is 0 Å². The number of ether oxygens (including phenoxy) is 1. The van der Waals surface area contributed by atoms with Gasteiger partial charge in [0.25, 0.3) is 0 Å². The number of carboxylic acids is 1. The molecule has 6 heteroatoms. The van der Waals surface area contributed by atoms with Crippen molar-refractivity contribution < 1.29 is 19.4 Å². The van der Waals surface area contributed by atoms with Gasteiger partial charge in [0.05, 0.1) is 6.61 Å². The molecule has 0 bridgehead atoms. The van der Waals surface area contributed by atoms with E-state index >= 15 is 0 Å². The number of hydrogen-bond donors (Lipinski definition) is 2. The van der Waals surface area contributed by atoms with Gasteiger partial charge in [0.2, 0.25) is 0 Å². The number of esters is 1. The SMILES string of the molecule is CCOC(=O)C1(CC)CC(C(=O)O)(C(C)(C)C)N(C)N1. The number of likely N-dealkylation sites (N-methyl/N-ethyl adjacent to an activating group) is 1. The summed E-state index contributed by atoms with van der Waals surface area (Å²) in [5, 5.41) is 11.3. The topological polar surface area (TPSA) is 78.9 Å². The first-order valence-corrected chi connectivity index (χ1v) is 6.99. The van der Waals surface area contributed by atoms with E-state index in [2.05, 4.69) is 5.43 Å². The Kier molecular flexibility index (Phi) is 4.51. The second-order valence-electron chi connectivity index (χ2n) is 6.42. The van der Waals surface area contributed by atoms with Crippen molar-refractivity contribution >= 4 is 11.9 Å². The number of nitrogens with one attached hydrogen (secondary N) is 1. The Hall–Kier alpha value is -1.14. The van der Waals surface area contributed by atoms with Crippen LogP contribution in [0.4, 0.5) is 0 Å². The molecule has 0 aromatic rings. The lowest BCUT2D eigenvalue weighted by molar-refractivity contribution is -0.157. The molecule has 2 unspecified atom stereocenters. The highest BCUT2D eigenvalue weighted by Gasteiger charge is 2.64. The smallest absolute Gasteiger partial charge is 0.327 e. The van der Waals surface area contributed by atoms with Crippen LogP contribution < -0.4 is 5.43 Å². The maximum atomic E-state index is 12.3. The van der Waals surface area contributed by atoms with Gasteiger partial charge in [0.15, 0.2) is 0 Å². The Morgan fingerprint density at radius 2 is 1.90 bits per heavy atom. The third-order valence-corrected chi connectivity index (χ3v) is 4.38. The molecule has 1 heterocycles. The minimum absolute atomic E-state index is 0.185. The van der Waals surface area contributed by atoms with Crippen LogP contribution in [-0.2, 0) is 14.3 Å². The highest BCUT2D eigenvalue weighted by Crippen LogP contribution is 2.46. The summed E-state index contributed by atoms with van der Waals surface area (Å²) in [7, 11) is 1.68. The zero-order chi connectivity index (χ0) is 15.8. The second-order valence-corrected chi connectivity index (χ2v) is 6.42. The Balaban J connectivity index is 3.28. The van der Waals surface area contributed by atoms with Crippen LogP contribution in [0.1, 0.15) is 47.5 Å². The highest BCUT2D eigenvalue weighted by atomic mass is 16.5. The van der Waals surface area contributed by atoms with Crippen LogP contribution in [0.2, 0.25) is 0 Å². The zero-order valence-electron chi connectivity index (χ0n) is 13.2. The first-order chi connectivity index (χ1) is 9.07. The summed E-state index contributed by atoms with van der Waals surface area (Å²) in [4.78, 5) is 24.2. The molecule has 0 aliphatic carbocycles. The van der Waals surface area contributed by atoms with E-state index in [4.69, 9.17) is 4.74 Å². The van der Waals surface area contributed by atoms with Gasteiger partial charge in [-0.05, 0) is 18.8 Å². The van der Waals surface area contributed by atoms with Gasteiger partial charge in [-0.3, -0.25) is 4.79 Å². The number of hydrogen-bond acceptors (Lipinski definition) is 5. The maximum absolute atomic E-state index is 12.3. The van der Waals surface area contributed by atoms with E-state index in [9.17, 15) is 14.7 Å². The highest BCUT2D eigenvalue weighted by molar-refractivity contribution is 5.87. The van der Waals surface area contributed by atoms with E-state index < -0.39 is 22.5 Å². The molecular formula is C14H26N2O4. The van der Waals surface area contributed by atoms with E-state index in [1.807, 2.05) is 27.7 Å². The molecule has 2 atom stereocenters. The number of aliphatic carboxylic acids is 1. The quantitative estimate of drug-likeness (QED) is 0.761. The Morgan fingerprint density at radius 1 is 1.35 bits per heavy atom. The Morgan fingerprint density at radius 3 is 2.20 bits per heavy atom. The van der Waals surface area contributed by atoms with E-state index in [1.54, 1.807) is 19.0 Å². The number of rotatable bonds is 4. The molecule has 1 aliphatic rings. The van der Waals surface area contributed by atoms with Gasteiger partial charge < -0.3 is 9.84 Å². The summed E-state index contributed by atoms with van der Waals surface area (Å²) in [5.74, 6) is -1.32. The minimum atomic E-state index is -1.16. The van der Waals surface area contributed by atoms with Crippen LogP contribution in [0.15, 0.2) is 0 Å². The summed E-state index contributed by atoms with van der Waals surface area (Å²) in [5.41, 5.74) is 0.388. The largest absolute Gasteiger partial charge is 0.480 e. The van der Waals surface area contributed by atoms with Crippen molar-refractivity contribution in [1.82, 2.24) is 10.4 Å². The number of nitrogens with zero attached hydrogens (tertiary/aromatic N) is 1. The Bertz CT molecular complexity index is 404. The van der Waals surface area contributed by atoms with Crippen LogP contribution in [0.3, 0.4) is 0 Å². The lowest BCUT2D eigenvalue weighted by atomic mass is 9.68. The van der Waals surface area contributed by atoms with Crippen molar-refractivity contribution in [2.75, 3.05) is 13.7 Å². The molecule has 0 spiro atoms. The van der Waals surface area contributed by atoms with E-state index in [0.717, 1.165) is 0 Å². The number of carbonyl (C=O) groups excluding carboxylic acids is 1. The fraction of sp³-hybridized carbons (Fsp3) is 0.857. The molecule has 0 radical (unpaired) electrons. The second kappa shape index (κ2) is 5.33. The van der Waals surface area contributed by atoms with Crippen molar-refractivity contribution in [3.05, 3.63) is 0 Å². The molecule has 116 valence electrons. The predicted octanol–water partition coefficient (Wildman–Crippen LogP) is 1.41. The number of carbonyl (C=O) groups is 2. The van der Waals surface area contributed by atoms with Gasteiger partial charge in [-0.25, -0.2) is 15.2 Å². The molecule has 1 aliphatic heterocycles. The maximum Gasteiger partial charge on any atom is 0.327 e. The fourth-order valence-electron chi connectivity index (χ4n) is 3.05. The van der Waals surface area contributed by atoms with Crippen molar-refractivity contribution in [2.45, 2.75) is 58.5 Å². The minimum Gasteiger partial charge on any atom is -0.480 e. The van der Waals surface area contributed by atoms with E-state index in [-0.39, 0.29) is 19.0 Å². The lowest BCUT2D eigenvalue weighted by Gasteiger charge is -2.42. The summed E-state index contributed by atoms with van der Waals surface area (Å²) >= 11 is 0. The third-order valence-electron chi connectivity index (χ3n) is 4.38. The molecule has 6 nitrogen and oxygen atoms in total. The van der Waals surface area contributed by atoms with Crippen LogP contribution in [-0.4, -0.2) is 46.8 Å². The van der Waals surface area contributed by atoms with Gasteiger partial charge in [-0.1, -0.05) is 27.7 Å². The molecule has 0 aromatic heterocycles. The lowest BCUT2D eigenvalue weighted by Crippen LogP contribution is -2.59. The first kappa shape index (κ1) is 16.9. The third kappa shape index (κ3) is 2.31. The van der Waals surface area contributed by atoms with Crippen molar-refractivity contribution in [3.63, 3.8) is 0 Å². The van der Waals surface area contributed by atoms with Gasteiger partial charge in [0, 0.05) is 13.5 Å². The van der Waals surface area contributed by atoms with Crippen LogP contribution in [0.25, 0.3) is 0 Å². The zero-order valence-corrected chi connectivity index (χ0v) is 13.2. The standard InChI is InChI=1S/C14H26N2O4/c1-7-13(11(19)20-8-2)9-14(10(17)18,12(3,4)5)16(6)15-13/h15H,7-9H2,1-6H3,(H,17,18). The van der Waals surface area contributed by atoms with E-state index in [1.165, 1.54) is 0 Å². The number of hydrazine groups is 1. The van der Waals surface area contributed by atoms with Gasteiger partial charge in [0.1, 0.15) is 11.1 Å². The molecular weight excluding hydrogens is 260 g/mol. The van der Waals surface area contributed by atoms with Crippen molar-refractivity contribution in [1.29, 1.82) is 0 Å². The molecule has 0 saturated carbocycles. The summed E-state index contributed by atoms with van der Waals surface area (Å²) in [6.45, 7) is 9.50. The normalized spacial score (nSPS) is 31.3. The summed E-state index contributed by atoms with van der Waals surface area (Å²) in [6, 6.07) is 0. The summed E-state index contributed by atoms with van der Waals surface area (Å²) < 4.78 is 5.13. The molecule has 1 rings (SSSR count). The monoisotopic (exact) mass is 286 g/mol. The molecule has 2 N–H and O–H groups in total. The number of carboxylic acid groups (broad SMARTS) is 1. The predicted molar refractivity (Wildman–Crippen MR) is 75.0 cm³/mol. The van der Waals surface area contributed by atoms with Crippen LogP contribution in [0.5, 0.6) is 0 Å². The Labute approximate surface area is 120 Å². The van der Waals surface area contributed by atoms with Crippen LogP contribution >= 0.6 is 0 Å². The average Bonchev–Trinajstić information content (AvgIpc) is 2.64. The van der Waals surface area contributed by atoms with Crippen molar-refractivity contribution in [2.24, 2.45) is 5.41 Å². The average molecular weight is 286 g/mol. The van der Waals surface area contributed by atoms with E-state index in [0.29, 0.717) is 6.42 Å². The molecule has 20 heavy (non-hydrogen) atoms. The fourth-order valence-corrected chi connectivity index (χ4v) is 3.05. The van der Waals surface area contributed by atoms with Crippen LogP contribution in [0, 0.1) is 5.41 Å². The molecule has 0 aromatic carbocycles. The van der Waals surface area contributed by atoms with Gasteiger partial charge >= 0.3 is 11.9 Å². The van der Waals surface area contributed by atoms with Crippen molar-refractivity contribution in [3.8, 4) is 0 Å².